The summed E-state index contributed by atoms with van der Waals surface area (Å²) in [6.07, 6.45) is 0.865. The molecule has 0 aliphatic rings. The Labute approximate surface area is 134 Å². The Balaban J connectivity index is 2.15. The van der Waals surface area contributed by atoms with Crippen LogP contribution in [0.25, 0.3) is 0 Å². The molecule has 1 unspecified atom stereocenters. The summed E-state index contributed by atoms with van der Waals surface area (Å²) in [6.45, 7) is 6.13. The summed E-state index contributed by atoms with van der Waals surface area (Å²) in [5, 5.41) is 3.11. The zero-order chi connectivity index (χ0) is 15.4. The fourth-order valence-electron chi connectivity index (χ4n) is 2.25. The van der Waals surface area contributed by atoms with Crippen molar-refractivity contribution in [3.8, 4) is 0 Å². The molecular weight excluding hydrogens is 326 g/mol. The first-order chi connectivity index (χ1) is 10.0. The van der Waals surface area contributed by atoms with Gasteiger partial charge in [0.1, 0.15) is 0 Å². The lowest BCUT2D eigenvalue weighted by molar-refractivity contribution is 0.0935. The summed E-state index contributed by atoms with van der Waals surface area (Å²) in [6, 6.07) is 14.0. The van der Waals surface area contributed by atoms with Gasteiger partial charge in [-0.15, -0.1) is 0 Å². The third-order valence-electron chi connectivity index (χ3n) is 3.61. The van der Waals surface area contributed by atoms with E-state index in [2.05, 4.69) is 59.4 Å². The summed E-state index contributed by atoms with van der Waals surface area (Å²) in [5.41, 5.74) is 4.13. The van der Waals surface area contributed by atoms with Gasteiger partial charge in [-0.2, -0.15) is 0 Å². The van der Waals surface area contributed by atoms with Crippen LogP contribution in [0.1, 0.15) is 46.4 Å². The molecule has 0 heterocycles. The summed E-state index contributed by atoms with van der Waals surface area (Å²) in [5.74, 6) is -0.0296. The SMILES string of the molecule is CCC(NC(=O)c1ccc(Br)c(C)c1)c1ccc(C)cc1. The van der Waals surface area contributed by atoms with Gasteiger partial charge in [0.15, 0.2) is 0 Å². The maximum absolute atomic E-state index is 12.4. The highest BCUT2D eigenvalue weighted by Crippen LogP contribution is 2.20. The molecule has 0 aliphatic carbocycles. The van der Waals surface area contributed by atoms with Crippen molar-refractivity contribution in [2.45, 2.75) is 33.2 Å². The molecule has 0 aliphatic heterocycles. The predicted molar refractivity (Wildman–Crippen MR) is 90.6 cm³/mol. The van der Waals surface area contributed by atoms with E-state index < -0.39 is 0 Å². The van der Waals surface area contributed by atoms with E-state index in [0.717, 1.165) is 22.0 Å². The lowest BCUT2D eigenvalue weighted by atomic mass is 10.0. The number of benzene rings is 2. The van der Waals surface area contributed by atoms with E-state index >= 15 is 0 Å². The number of carbonyl (C=O) groups is 1. The molecule has 0 radical (unpaired) electrons. The Kier molecular flexibility index (Phi) is 5.18. The molecular formula is C18H20BrNO. The van der Waals surface area contributed by atoms with Crippen molar-refractivity contribution in [1.29, 1.82) is 0 Å². The molecule has 0 bridgehead atoms. The number of nitrogens with one attached hydrogen (secondary N) is 1. The van der Waals surface area contributed by atoms with Crippen LogP contribution in [0.3, 0.4) is 0 Å². The molecule has 1 amide bonds. The van der Waals surface area contributed by atoms with Gasteiger partial charge < -0.3 is 5.32 Å². The maximum Gasteiger partial charge on any atom is 0.251 e. The van der Waals surface area contributed by atoms with Crippen LogP contribution in [-0.2, 0) is 0 Å². The molecule has 0 spiro atoms. The van der Waals surface area contributed by atoms with Gasteiger partial charge in [0.25, 0.3) is 5.91 Å². The topological polar surface area (TPSA) is 29.1 Å². The first kappa shape index (κ1) is 15.8. The van der Waals surface area contributed by atoms with Crippen molar-refractivity contribution in [3.05, 3.63) is 69.2 Å². The van der Waals surface area contributed by atoms with Gasteiger partial charge in [-0.05, 0) is 49.6 Å². The highest BCUT2D eigenvalue weighted by molar-refractivity contribution is 9.10. The lowest BCUT2D eigenvalue weighted by Gasteiger charge is -2.18. The molecule has 0 saturated heterocycles. The average Bonchev–Trinajstić information content (AvgIpc) is 2.48. The number of rotatable bonds is 4. The smallest absolute Gasteiger partial charge is 0.251 e. The fourth-order valence-corrected chi connectivity index (χ4v) is 2.49. The molecule has 1 atom stereocenters. The van der Waals surface area contributed by atoms with Crippen LogP contribution in [-0.4, -0.2) is 5.91 Å². The van der Waals surface area contributed by atoms with Crippen molar-refractivity contribution in [1.82, 2.24) is 5.32 Å². The molecule has 0 aromatic heterocycles. The van der Waals surface area contributed by atoms with Gasteiger partial charge in [-0.25, -0.2) is 0 Å². The molecule has 21 heavy (non-hydrogen) atoms. The molecule has 0 saturated carbocycles. The van der Waals surface area contributed by atoms with Crippen LogP contribution >= 0.6 is 15.9 Å². The van der Waals surface area contributed by atoms with E-state index in [0.29, 0.717) is 5.56 Å². The van der Waals surface area contributed by atoms with E-state index in [1.165, 1.54) is 5.56 Å². The Hall–Kier alpha value is -1.61. The van der Waals surface area contributed by atoms with Crippen LogP contribution in [0.2, 0.25) is 0 Å². The second kappa shape index (κ2) is 6.90. The number of aryl methyl sites for hydroxylation is 2. The van der Waals surface area contributed by atoms with Crippen LogP contribution in [0.4, 0.5) is 0 Å². The lowest BCUT2D eigenvalue weighted by Crippen LogP contribution is -2.28. The second-order valence-electron chi connectivity index (χ2n) is 5.31. The molecule has 2 aromatic carbocycles. The van der Waals surface area contributed by atoms with Crippen LogP contribution in [0, 0.1) is 13.8 Å². The number of halogens is 1. The first-order valence-electron chi connectivity index (χ1n) is 7.15. The van der Waals surface area contributed by atoms with Crippen molar-refractivity contribution in [2.75, 3.05) is 0 Å². The first-order valence-corrected chi connectivity index (χ1v) is 7.94. The summed E-state index contributed by atoms with van der Waals surface area (Å²) >= 11 is 3.45. The van der Waals surface area contributed by atoms with E-state index in [-0.39, 0.29) is 11.9 Å². The quantitative estimate of drug-likeness (QED) is 0.834. The average molecular weight is 346 g/mol. The molecule has 110 valence electrons. The minimum Gasteiger partial charge on any atom is -0.345 e. The van der Waals surface area contributed by atoms with Crippen molar-refractivity contribution < 1.29 is 4.79 Å². The molecule has 3 heteroatoms. The largest absolute Gasteiger partial charge is 0.345 e. The van der Waals surface area contributed by atoms with Gasteiger partial charge in [0, 0.05) is 10.0 Å². The molecule has 0 fully saturated rings. The Morgan fingerprint density at radius 2 is 1.81 bits per heavy atom. The Bertz CT molecular complexity index is 634. The third-order valence-corrected chi connectivity index (χ3v) is 4.50. The van der Waals surface area contributed by atoms with E-state index in [1.807, 2.05) is 25.1 Å². The van der Waals surface area contributed by atoms with Crippen molar-refractivity contribution in [3.63, 3.8) is 0 Å². The normalized spacial score (nSPS) is 12.0. The minimum atomic E-state index is -0.0296. The van der Waals surface area contributed by atoms with Crippen LogP contribution in [0.15, 0.2) is 46.9 Å². The van der Waals surface area contributed by atoms with Gasteiger partial charge >= 0.3 is 0 Å². The fraction of sp³-hybridized carbons (Fsp3) is 0.278. The monoisotopic (exact) mass is 345 g/mol. The third kappa shape index (κ3) is 3.94. The number of hydrogen-bond donors (Lipinski definition) is 1. The zero-order valence-electron chi connectivity index (χ0n) is 12.6. The van der Waals surface area contributed by atoms with E-state index in [9.17, 15) is 4.79 Å². The van der Waals surface area contributed by atoms with Crippen LogP contribution in [0.5, 0.6) is 0 Å². The second-order valence-corrected chi connectivity index (χ2v) is 6.16. The predicted octanol–water partition coefficient (Wildman–Crippen LogP) is 4.95. The van der Waals surface area contributed by atoms with E-state index in [4.69, 9.17) is 0 Å². The van der Waals surface area contributed by atoms with Gasteiger partial charge in [-0.1, -0.05) is 52.7 Å². The van der Waals surface area contributed by atoms with Crippen LogP contribution < -0.4 is 5.32 Å². The highest BCUT2D eigenvalue weighted by atomic mass is 79.9. The molecule has 2 nitrogen and oxygen atoms in total. The molecule has 2 rings (SSSR count). The van der Waals surface area contributed by atoms with Gasteiger partial charge in [0.05, 0.1) is 6.04 Å². The summed E-state index contributed by atoms with van der Waals surface area (Å²) in [4.78, 5) is 12.4. The minimum absolute atomic E-state index is 0.0296. The maximum atomic E-state index is 12.4. The van der Waals surface area contributed by atoms with Gasteiger partial charge in [0.2, 0.25) is 0 Å². The molecule has 2 aromatic rings. The van der Waals surface area contributed by atoms with Crippen molar-refractivity contribution in [2.24, 2.45) is 0 Å². The molecule has 1 N–H and O–H groups in total. The number of carbonyl (C=O) groups excluding carboxylic acids is 1. The number of amides is 1. The standard InChI is InChI=1S/C18H20BrNO/c1-4-17(14-7-5-12(2)6-8-14)20-18(21)15-9-10-16(19)13(3)11-15/h5-11,17H,4H2,1-3H3,(H,20,21). The zero-order valence-corrected chi connectivity index (χ0v) is 14.2. The summed E-state index contributed by atoms with van der Waals surface area (Å²) in [7, 11) is 0. The van der Waals surface area contributed by atoms with Gasteiger partial charge in [-0.3, -0.25) is 4.79 Å². The number of hydrogen-bond acceptors (Lipinski definition) is 1. The Morgan fingerprint density at radius 3 is 2.38 bits per heavy atom. The summed E-state index contributed by atoms with van der Waals surface area (Å²) < 4.78 is 1.02. The highest BCUT2D eigenvalue weighted by Gasteiger charge is 2.14. The van der Waals surface area contributed by atoms with E-state index in [1.54, 1.807) is 0 Å². The van der Waals surface area contributed by atoms with Crippen molar-refractivity contribution >= 4 is 21.8 Å². The Morgan fingerprint density at radius 1 is 1.14 bits per heavy atom.